The van der Waals surface area contributed by atoms with Crippen molar-refractivity contribution < 1.29 is 14.6 Å². The van der Waals surface area contributed by atoms with Gasteiger partial charge >= 0.3 is 6.09 Å². The standard InChI is InChI=1S/C15H20N2O3/c1-20-13-8-11(2-5-16-13)12-9-15(10-12)3-6-17(7-4-15)14(18)19/h2,5,8,12H,3-4,6-7,9-10H2,1H3,(H,18,19). The van der Waals surface area contributed by atoms with Crippen molar-refractivity contribution in [1.82, 2.24) is 9.88 Å². The molecule has 1 aliphatic carbocycles. The molecule has 1 N–H and O–H groups in total. The van der Waals surface area contributed by atoms with E-state index in [-0.39, 0.29) is 0 Å². The lowest BCUT2D eigenvalue weighted by molar-refractivity contribution is 0.0188. The minimum Gasteiger partial charge on any atom is -0.481 e. The Kier molecular flexibility index (Phi) is 3.28. The fourth-order valence-electron chi connectivity index (χ4n) is 3.59. The molecule has 5 heteroatoms. The van der Waals surface area contributed by atoms with E-state index in [1.807, 2.05) is 6.07 Å². The van der Waals surface area contributed by atoms with Crippen LogP contribution in [0.3, 0.4) is 0 Å². The van der Waals surface area contributed by atoms with E-state index < -0.39 is 6.09 Å². The Morgan fingerprint density at radius 3 is 2.75 bits per heavy atom. The summed E-state index contributed by atoms with van der Waals surface area (Å²) in [6, 6.07) is 4.08. The number of methoxy groups -OCH3 is 1. The SMILES string of the molecule is COc1cc(C2CC3(CCN(C(=O)O)CC3)C2)ccn1. The number of nitrogens with zero attached hydrogens (tertiary/aromatic N) is 2. The zero-order chi connectivity index (χ0) is 14.2. The van der Waals surface area contributed by atoms with Crippen molar-refractivity contribution in [2.75, 3.05) is 20.2 Å². The maximum atomic E-state index is 10.9. The molecule has 2 heterocycles. The largest absolute Gasteiger partial charge is 0.481 e. The van der Waals surface area contributed by atoms with Crippen LogP contribution < -0.4 is 4.74 Å². The van der Waals surface area contributed by atoms with Gasteiger partial charge in [-0.1, -0.05) is 0 Å². The van der Waals surface area contributed by atoms with Crippen molar-refractivity contribution in [3.8, 4) is 5.88 Å². The van der Waals surface area contributed by atoms with E-state index in [9.17, 15) is 4.79 Å². The Morgan fingerprint density at radius 2 is 2.15 bits per heavy atom. The molecule has 5 nitrogen and oxygen atoms in total. The molecular formula is C15H20N2O3. The van der Waals surface area contributed by atoms with Gasteiger partial charge in [0.05, 0.1) is 7.11 Å². The van der Waals surface area contributed by atoms with Gasteiger partial charge in [-0.2, -0.15) is 0 Å². The van der Waals surface area contributed by atoms with Crippen LogP contribution in [0.15, 0.2) is 18.3 Å². The number of pyridine rings is 1. The fraction of sp³-hybridized carbons (Fsp3) is 0.600. The Labute approximate surface area is 118 Å². The lowest BCUT2D eigenvalue weighted by atomic mass is 9.56. The summed E-state index contributed by atoms with van der Waals surface area (Å²) in [6.45, 7) is 1.36. The van der Waals surface area contributed by atoms with Crippen molar-refractivity contribution in [3.05, 3.63) is 23.9 Å². The van der Waals surface area contributed by atoms with Gasteiger partial charge in [0.15, 0.2) is 0 Å². The highest BCUT2D eigenvalue weighted by molar-refractivity contribution is 5.65. The molecule has 1 amide bonds. The zero-order valence-corrected chi connectivity index (χ0v) is 11.7. The Hall–Kier alpha value is -1.78. The Bertz CT molecular complexity index is 502. The van der Waals surface area contributed by atoms with Gasteiger partial charge in [-0.25, -0.2) is 9.78 Å². The first-order valence-corrected chi connectivity index (χ1v) is 7.10. The van der Waals surface area contributed by atoms with E-state index in [0.717, 1.165) is 25.7 Å². The summed E-state index contributed by atoms with van der Waals surface area (Å²) in [5, 5.41) is 8.99. The van der Waals surface area contributed by atoms with E-state index >= 15 is 0 Å². The molecule has 0 radical (unpaired) electrons. The molecule has 0 aromatic carbocycles. The summed E-state index contributed by atoms with van der Waals surface area (Å²) in [5.41, 5.74) is 1.66. The number of carbonyl (C=O) groups is 1. The van der Waals surface area contributed by atoms with Crippen molar-refractivity contribution >= 4 is 6.09 Å². The first-order valence-electron chi connectivity index (χ1n) is 7.10. The van der Waals surface area contributed by atoms with Crippen molar-refractivity contribution in [3.63, 3.8) is 0 Å². The number of aromatic nitrogens is 1. The highest BCUT2D eigenvalue weighted by Crippen LogP contribution is 2.56. The molecular weight excluding hydrogens is 256 g/mol. The number of hydrogen-bond acceptors (Lipinski definition) is 3. The summed E-state index contributed by atoms with van der Waals surface area (Å²) in [4.78, 5) is 16.6. The van der Waals surface area contributed by atoms with Crippen LogP contribution in [0, 0.1) is 5.41 Å². The average Bonchev–Trinajstić information content (AvgIpc) is 2.45. The van der Waals surface area contributed by atoms with Gasteiger partial charge in [-0.15, -0.1) is 0 Å². The van der Waals surface area contributed by atoms with Gasteiger partial charge in [0, 0.05) is 25.4 Å². The number of piperidine rings is 1. The van der Waals surface area contributed by atoms with Gasteiger partial charge in [0.1, 0.15) is 0 Å². The van der Waals surface area contributed by atoms with Crippen LogP contribution in [0.1, 0.15) is 37.2 Å². The normalized spacial score (nSPS) is 21.6. The third-order valence-corrected chi connectivity index (χ3v) is 4.89. The summed E-state index contributed by atoms with van der Waals surface area (Å²) in [6.07, 6.45) is 5.33. The van der Waals surface area contributed by atoms with Crippen LogP contribution >= 0.6 is 0 Å². The van der Waals surface area contributed by atoms with Crippen molar-refractivity contribution in [1.29, 1.82) is 0 Å². The fourth-order valence-corrected chi connectivity index (χ4v) is 3.59. The predicted octanol–water partition coefficient (Wildman–Crippen LogP) is 2.73. The highest BCUT2D eigenvalue weighted by Gasteiger charge is 2.46. The molecule has 1 aromatic rings. The van der Waals surface area contributed by atoms with E-state index in [1.165, 1.54) is 10.5 Å². The molecule has 3 rings (SSSR count). The van der Waals surface area contributed by atoms with Crippen LogP contribution in [-0.2, 0) is 0 Å². The number of ether oxygens (including phenoxy) is 1. The lowest BCUT2D eigenvalue weighted by Crippen LogP contribution is -2.47. The van der Waals surface area contributed by atoms with Crippen LogP contribution in [0.4, 0.5) is 4.79 Å². The molecule has 0 unspecified atom stereocenters. The summed E-state index contributed by atoms with van der Waals surface area (Å²) in [5.74, 6) is 1.24. The molecule has 1 aliphatic heterocycles. The second kappa shape index (κ2) is 4.96. The Balaban J connectivity index is 1.60. The smallest absolute Gasteiger partial charge is 0.407 e. The molecule has 2 aliphatic rings. The maximum Gasteiger partial charge on any atom is 0.407 e. The number of amides is 1. The molecule has 0 bridgehead atoms. The van der Waals surface area contributed by atoms with Gasteiger partial charge in [-0.05, 0) is 48.6 Å². The van der Waals surface area contributed by atoms with E-state index in [1.54, 1.807) is 13.3 Å². The van der Waals surface area contributed by atoms with Crippen LogP contribution in [0.2, 0.25) is 0 Å². The third-order valence-electron chi connectivity index (χ3n) is 4.89. The molecule has 1 spiro atoms. The minimum atomic E-state index is -0.783. The van der Waals surface area contributed by atoms with Gasteiger partial charge in [0.25, 0.3) is 0 Å². The number of hydrogen-bond donors (Lipinski definition) is 1. The molecule has 108 valence electrons. The molecule has 1 saturated heterocycles. The van der Waals surface area contributed by atoms with E-state index in [4.69, 9.17) is 9.84 Å². The van der Waals surface area contributed by atoms with Crippen LogP contribution in [0.5, 0.6) is 5.88 Å². The maximum absolute atomic E-state index is 10.9. The lowest BCUT2D eigenvalue weighted by Gasteiger charge is -2.52. The van der Waals surface area contributed by atoms with Crippen molar-refractivity contribution in [2.45, 2.75) is 31.6 Å². The van der Waals surface area contributed by atoms with Gasteiger partial charge in [-0.3, -0.25) is 0 Å². The van der Waals surface area contributed by atoms with E-state index in [2.05, 4.69) is 11.1 Å². The number of likely N-dealkylation sites (tertiary alicyclic amines) is 1. The first-order chi connectivity index (χ1) is 9.62. The average molecular weight is 276 g/mol. The minimum absolute atomic E-state index is 0.368. The summed E-state index contributed by atoms with van der Waals surface area (Å²) < 4.78 is 5.17. The third kappa shape index (κ3) is 2.32. The highest BCUT2D eigenvalue weighted by atomic mass is 16.5. The van der Waals surface area contributed by atoms with Gasteiger partial charge < -0.3 is 14.7 Å². The first kappa shape index (κ1) is 13.2. The molecule has 20 heavy (non-hydrogen) atoms. The number of rotatable bonds is 2. The summed E-state index contributed by atoms with van der Waals surface area (Å²) >= 11 is 0. The van der Waals surface area contributed by atoms with E-state index in [0.29, 0.717) is 30.3 Å². The molecule has 2 fully saturated rings. The quantitative estimate of drug-likeness (QED) is 0.902. The second-order valence-corrected chi connectivity index (χ2v) is 6.01. The van der Waals surface area contributed by atoms with Crippen molar-refractivity contribution in [2.24, 2.45) is 5.41 Å². The number of carboxylic acid groups (broad SMARTS) is 1. The summed E-state index contributed by atoms with van der Waals surface area (Å²) in [7, 11) is 1.63. The second-order valence-electron chi connectivity index (χ2n) is 6.01. The predicted molar refractivity (Wildman–Crippen MR) is 74.0 cm³/mol. The molecule has 0 atom stereocenters. The monoisotopic (exact) mass is 276 g/mol. The molecule has 1 saturated carbocycles. The zero-order valence-electron chi connectivity index (χ0n) is 11.7. The topological polar surface area (TPSA) is 62.7 Å². The van der Waals surface area contributed by atoms with Crippen LogP contribution in [-0.4, -0.2) is 41.3 Å². The van der Waals surface area contributed by atoms with Crippen LogP contribution in [0.25, 0.3) is 0 Å². The Morgan fingerprint density at radius 1 is 1.45 bits per heavy atom. The molecule has 1 aromatic heterocycles. The van der Waals surface area contributed by atoms with Gasteiger partial charge in [0.2, 0.25) is 5.88 Å².